The minimum atomic E-state index is -4.34. The minimum absolute atomic E-state index is 0.191. The van der Waals surface area contributed by atoms with Gasteiger partial charge in [0.15, 0.2) is 0 Å². The number of alkyl halides is 3. The average molecular weight is 321 g/mol. The van der Waals surface area contributed by atoms with Crippen molar-refractivity contribution in [3.05, 3.63) is 12.2 Å². The second-order valence-corrected chi connectivity index (χ2v) is 5.88. The summed E-state index contributed by atoms with van der Waals surface area (Å²) in [5, 5.41) is 0. The van der Waals surface area contributed by atoms with Crippen LogP contribution < -0.4 is 0 Å². The highest BCUT2D eigenvalue weighted by molar-refractivity contribution is 5.87. The molecular formula is C15H22F3NO3. The molecule has 2 rings (SSSR count). The Bertz CT molecular complexity index is 398. The van der Waals surface area contributed by atoms with Gasteiger partial charge in [0.1, 0.15) is 6.61 Å². The summed E-state index contributed by atoms with van der Waals surface area (Å²) in [7, 11) is 0. The van der Waals surface area contributed by atoms with Crippen molar-refractivity contribution in [1.82, 2.24) is 4.90 Å². The van der Waals surface area contributed by atoms with Gasteiger partial charge in [-0.15, -0.1) is 0 Å². The first-order valence-corrected chi connectivity index (χ1v) is 7.64. The molecule has 0 radical (unpaired) electrons. The average Bonchev–Trinajstić information content (AvgIpc) is 2.46. The molecule has 1 amide bonds. The molecule has 2 fully saturated rings. The van der Waals surface area contributed by atoms with Crippen LogP contribution in [0.25, 0.3) is 0 Å². The number of carbonyl (C=O) groups excluding carboxylic acids is 1. The molecule has 1 heterocycles. The summed E-state index contributed by atoms with van der Waals surface area (Å²) in [6.45, 7) is 0.0883. The molecule has 1 saturated heterocycles. The third kappa shape index (κ3) is 5.28. The van der Waals surface area contributed by atoms with Crippen LogP contribution in [0.3, 0.4) is 0 Å². The normalized spacial score (nSPS) is 22.4. The molecule has 0 bridgehead atoms. The maximum Gasteiger partial charge on any atom is 0.411 e. The highest BCUT2D eigenvalue weighted by Gasteiger charge is 2.38. The first-order valence-electron chi connectivity index (χ1n) is 7.64. The number of rotatable bonds is 4. The van der Waals surface area contributed by atoms with Gasteiger partial charge in [-0.2, -0.15) is 13.2 Å². The van der Waals surface area contributed by atoms with Crippen molar-refractivity contribution in [3.8, 4) is 0 Å². The van der Waals surface area contributed by atoms with Gasteiger partial charge in [0.25, 0.3) is 0 Å². The van der Waals surface area contributed by atoms with Crippen molar-refractivity contribution in [3.63, 3.8) is 0 Å². The molecule has 7 heteroatoms. The van der Waals surface area contributed by atoms with Gasteiger partial charge in [-0.25, -0.2) is 0 Å². The molecule has 22 heavy (non-hydrogen) atoms. The van der Waals surface area contributed by atoms with Gasteiger partial charge in [0, 0.05) is 12.6 Å². The zero-order valence-corrected chi connectivity index (χ0v) is 12.5. The fourth-order valence-electron chi connectivity index (χ4n) is 3.03. The second-order valence-electron chi connectivity index (χ2n) is 5.88. The van der Waals surface area contributed by atoms with Crippen molar-refractivity contribution in [2.75, 3.05) is 32.9 Å². The predicted molar refractivity (Wildman–Crippen MR) is 74.4 cm³/mol. The SMILES string of the molecule is O=C(C=CCOCC(F)(F)F)N1CCOC2(CCCCC2)C1. The number of halogens is 3. The highest BCUT2D eigenvalue weighted by atomic mass is 19.4. The van der Waals surface area contributed by atoms with E-state index < -0.39 is 12.8 Å². The molecule has 2 aliphatic rings. The van der Waals surface area contributed by atoms with Crippen LogP contribution in [0.5, 0.6) is 0 Å². The highest BCUT2D eigenvalue weighted by Crippen LogP contribution is 2.34. The van der Waals surface area contributed by atoms with Crippen LogP contribution in [-0.2, 0) is 14.3 Å². The lowest BCUT2D eigenvalue weighted by Crippen LogP contribution is -2.54. The number of carbonyl (C=O) groups is 1. The molecule has 0 atom stereocenters. The molecule has 1 aliphatic heterocycles. The van der Waals surface area contributed by atoms with Gasteiger partial charge >= 0.3 is 6.18 Å². The molecule has 0 aromatic rings. The minimum Gasteiger partial charge on any atom is -0.371 e. The van der Waals surface area contributed by atoms with E-state index in [-0.39, 0.29) is 18.1 Å². The lowest BCUT2D eigenvalue weighted by molar-refractivity contribution is -0.171. The number of nitrogens with zero attached hydrogens (tertiary/aromatic N) is 1. The zero-order valence-electron chi connectivity index (χ0n) is 12.5. The Balaban J connectivity index is 1.77. The zero-order chi connectivity index (χ0) is 16.1. The standard InChI is InChI=1S/C15H22F3NO3/c16-15(17,18)12-21-9-4-5-13(20)19-8-10-22-14(11-19)6-2-1-3-7-14/h4-5H,1-3,6-12H2. The van der Waals surface area contributed by atoms with E-state index in [2.05, 4.69) is 4.74 Å². The molecule has 0 aromatic carbocycles. The molecule has 0 N–H and O–H groups in total. The van der Waals surface area contributed by atoms with Gasteiger partial charge in [-0.1, -0.05) is 25.3 Å². The second kappa shape index (κ2) is 7.46. The van der Waals surface area contributed by atoms with Gasteiger partial charge < -0.3 is 14.4 Å². The van der Waals surface area contributed by atoms with E-state index in [1.165, 1.54) is 18.6 Å². The molecule has 1 aliphatic carbocycles. The van der Waals surface area contributed by atoms with E-state index in [1.807, 2.05) is 0 Å². The molecule has 0 unspecified atom stereocenters. The summed E-state index contributed by atoms with van der Waals surface area (Å²) in [6, 6.07) is 0. The summed E-state index contributed by atoms with van der Waals surface area (Å²) in [6.07, 6.45) is 3.65. The van der Waals surface area contributed by atoms with Crippen molar-refractivity contribution in [2.45, 2.75) is 43.9 Å². The summed E-state index contributed by atoms with van der Waals surface area (Å²) in [5.74, 6) is -0.191. The Kier molecular flexibility index (Phi) is 5.86. The maximum atomic E-state index is 12.1. The summed E-state index contributed by atoms with van der Waals surface area (Å²) in [5.41, 5.74) is -0.215. The Hall–Kier alpha value is -1.08. The number of hydrogen-bond acceptors (Lipinski definition) is 3. The van der Waals surface area contributed by atoms with E-state index in [0.29, 0.717) is 19.7 Å². The van der Waals surface area contributed by atoms with Gasteiger partial charge in [0.2, 0.25) is 5.91 Å². The topological polar surface area (TPSA) is 38.8 Å². The van der Waals surface area contributed by atoms with Gasteiger partial charge in [0.05, 0.1) is 25.4 Å². The maximum absolute atomic E-state index is 12.1. The van der Waals surface area contributed by atoms with Gasteiger partial charge in [-0.05, 0) is 12.8 Å². The van der Waals surface area contributed by atoms with Crippen molar-refractivity contribution < 1.29 is 27.4 Å². The number of morpholine rings is 1. The van der Waals surface area contributed by atoms with E-state index in [4.69, 9.17) is 4.74 Å². The van der Waals surface area contributed by atoms with Crippen LogP contribution in [0.4, 0.5) is 13.2 Å². The van der Waals surface area contributed by atoms with Crippen LogP contribution in [0.15, 0.2) is 12.2 Å². The van der Waals surface area contributed by atoms with Crippen LogP contribution in [0, 0.1) is 0 Å². The predicted octanol–water partition coefficient (Wildman–Crippen LogP) is 2.68. The number of amides is 1. The summed E-state index contributed by atoms with van der Waals surface area (Å²) < 4.78 is 46.0. The van der Waals surface area contributed by atoms with Gasteiger partial charge in [-0.3, -0.25) is 4.79 Å². The Morgan fingerprint density at radius 2 is 2.00 bits per heavy atom. The van der Waals surface area contributed by atoms with E-state index >= 15 is 0 Å². The lowest BCUT2D eigenvalue weighted by atomic mass is 9.83. The molecule has 126 valence electrons. The van der Waals surface area contributed by atoms with Crippen LogP contribution in [-0.4, -0.2) is 55.5 Å². The monoisotopic (exact) mass is 321 g/mol. The molecule has 4 nitrogen and oxygen atoms in total. The largest absolute Gasteiger partial charge is 0.411 e. The lowest BCUT2D eigenvalue weighted by Gasteiger charge is -2.44. The molecule has 0 aromatic heterocycles. The van der Waals surface area contributed by atoms with Crippen molar-refractivity contribution in [1.29, 1.82) is 0 Å². The molecular weight excluding hydrogens is 299 g/mol. The fourth-order valence-corrected chi connectivity index (χ4v) is 3.03. The van der Waals surface area contributed by atoms with Crippen molar-refractivity contribution in [2.24, 2.45) is 0 Å². The quantitative estimate of drug-likeness (QED) is 0.590. The summed E-state index contributed by atoms with van der Waals surface area (Å²) >= 11 is 0. The Morgan fingerprint density at radius 3 is 2.68 bits per heavy atom. The van der Waals surface area contributed by atoms with E-state index in [0.717, 1.165) is 25.7 Å². The summed E-state index contributed by atoms with van der Waals surface area (Å²) in [4.78, 5) is 13.8. The van der Waals surface area contributed by atoms with E-state index in [9.17, 15) is 18.0 Å². The first-order chi connectivity index (χ1) is 10.4. The Labute approximate surface area is 128 Å². The van der Waals surface area contributed by atoms with Crippen molar-refractivity contribution >= 4 is 5.91 Å². The van der Waals surface area contributed by atoms with Crippen LogP contribution >= 0.6 is 0 Å². The number of hydrogen-bond donors (Lipinski definition) is 0. The molecule has 1 saturated carbocycles. The third-order valence-corrected chi connectivity index (χ3v) is 4.07. The van der Waals surface area contributed by atoms with E-state index in [1.54, 1.807) is 4.90 Å². The smallest absolute Gasteiger partial charge is 0.371 e. The van der Waals surface area contributed by atoms with Crippen LogP contribution in [0.1, 0.15) is 32.1 Å². The third-order valence-electron chi connectivity index (χ3n) is 4.07. The van der Waals surface area contributed by atoms with Crippen LogP contribution in [0.2, 0.25) is 0 Å². The number of ether oxygens (including phenoxy) is 2. The molecule has 1 spiro atoms. The Morgan fingerprint density at radius 1 is 1.27 bits per heavy atom. The first kappa shape index (κ1) is 17.3. The fraction of sp³-hybridized carbons (Fsp3) is 0.800.